The van der Waals surface area contributed by atoms with E-state index in [2.05, 4.69) is 20.3 Å². The largest absolute Gasteiger partial charge is 0.466 e. The molecule has 1 N–H and O–H groups in total. The van der Waals surface area contributed by atoms with Crippen LogP contribution in [-0.4, -0.2) is 35.3 Å². The van der Waals surface area contributed by atoms with E-state index in [0.717, 1.165) is 24.9 Å². The predicted molar refractivity (Wildman–Crippen MR) is 83.9 cm³/mol. The topological polar surface area (TPSA) is 123 Å². The highest BCUT2D eigenvalue weighted by Gasteiger charge is 2.25. The summed E-state index contributed by atoms with van der Waals surface area (Å²) >= 11 is 0.763. The molecule has 0 atom stereocenters. The molecular formula is C13H8F2N4O5S. The third-order valence-corrected chi connectivity index (χ3v) is 3.61. The number of amides is 1. The van der Waals surface area contributed by atoms with Gasteiger partial charge in [0.2, 0.25) is 0 Å². The molecule has 0 spiro atoms. The highest BCUT2D eigenvalue weighted by atomic mass is 32.2. The van der Waals surface area contributed by atoms with Gasteiger partial charge in [-0.25, -0.2) is 13.6 Å². The summed E-state index contributed by atoms with van der Waals surface area (Å²) in [5.74, 6) is -3.66. The van der Waals surface area contributed by atoms with Crippen molar-refractivity contribution in [1.82, 2.24) is 5.32 Å². The van der Waals surface area contributed by atoms with Crippen molar-refractivity contribution in [2.45, 2.75) is 0 Å². The molecule has 130 valence electrons. The van der Waals surface area contributed by atoms with Crippen LogP contribution in [0.25, 0.3) is 0 Å². The summed E-state index contributed by atoms with van der Waals surface area (Å²) < 4.78 is 31.1. The van der Waals surface area contributed by atoms with Gasteiger partial charge in [0.1, 0.15) is 17.2 Å². The SMILES string of the molecule is COC(=O)/C=C1/S/C(=N\N=Cc2c(F)cc(F)cc2[N+](=O)[O-])NC1=O. The lowest BCUT2D eigenvalue weighted by molar-refractivity contribution is -0.385. The van der Waals surface area contributed by atoms with Crippen LogP contribution in [-0.2, 0) is 14.3 Å². The van der Waals surface area contributed by atoms with Gasteiger partial charge >= 0.3 is 5.97 Å². The molecule has 0 radical (unpaired) electrons. The summed E-state index contributed by atoms with van der Waals surface area (Å²) in [6, 6.07) is 1.01. The van der Waals surface area contributed by atoms with Crippen molar-refractivity contribution >= 4 is 40.7 Å². The van der Waals surface area contributed by atoms with Crippen LogP contribution in [0.5, 0.6) is 0 Å². The molecule has 1 aliphatic rings. The Kier molecular flexibility index (Phi) is 5.54. The summed E-state index contributed by atoms with van der Waals surface area (Å²) in [6.07, 6.45) is 1.66. The summed E-state index contributed by atoms with van der Waals surface area (Å²) in [7, 11) is 1.14. The van der Waals surface area contributed by atoms with E-state index in [1.807, 2.05) is 0 Å². The van der Waals surface area contributed by atoms with Crippen LogP contribution in [0.15, 0.2) is 33.3 Å². The molecule has 0 aliphatic carbocycles. The van der Waals surface area contributed by atoms with Gasteiger partial charge in [0.05, 0.1) is 29.2 Å². The molecule has 0 unspecified atom stereocenters. The summed E-state index contributed by atoms with van der Waals surface area (Å²) in [5, 5.41) is 20.1. The first kappa shape index (κ1) is 18.2. The molecule has 25 heavy (non-hydrogen) atoms. The number of hydrogen-bond acceptors (Lipinski definition) is 8. The lowest BCUT2D eigenvalue weighted by Crippen LogP contribution is -2.19. The first-order chi connectivity index (χ1) is 11.8. The third-order valence-electron chi connectivity index (χ3n) is 2.71. The molecule has 1 fully saturated rings. The number of nitrogens with one attached hydrogen (secondary N) is 1. The number of nitro benzene ring substituents is 1. The van der Waals surface area contributed by atoms with Gasteiger partial charge in [-0.1, -0.05) is 0 Å². The molecule has 1 aliphatic heterocycles. The highest BCUT2D eigenvalue weighted by molar-refractivity contribution is 8.18. The number of ether oxygens (including phenoxy) is 1. The zero-order chi connectivity index (χ0) is 18.6. The summed E-state index contributed by atoms with van der Waals surface area (Å²) in [5.41, 5.74) is -1.40. The monoisotopic (exact) mass is 370 g/mol. The quantitative estimate of drug-likeness (QED) is 0.282. The standard InChI is InChI=1S/C13H8F2N4O5S/c1-24-11(20)4-10-12(21)17-13(25-10)18-16-5-7-8(15)2-6(14)3-9(7)19(22)23/h2-5H,1H3,(H,17,18,21)/b10-4+,16-5?. The molecular weight excluding hydrogens is 362 g/mol. The van der Waals surface area contributed by atoms with Gasteiger partial charge in [-0.05, 0) is 11.8 Å². The second-order valence-electron chi connectivity index (χ2n) is 4.32. The Morgan fingerprint density at radius 1 is 1.44 bits per heavy atom. The molecule has 0 aromatic heterocycles. The number of rotatable bonds is 4. The fraction of sp³-hybridized carbons (Fsp3) is 0.0769. The normalized spacial score (nSPS) is 17.3. The molecule has 1 aromatic rings. The van der Waals surface area contributed by atoms with Crippen LogP contribution >= 0.6 is 11.8 Å². The Morgan fingerprint density at radius 3 is 2.80 bits per heavy atom. The van der Waals surface area contributed by atoms with E-state index in [4.69, 9.17) is 0 Å². The molecule has 1 amide bonds. The second kappa shape index (κ2) is 7.61. The lowest BCUT2D eigenvalue weighted by Gasteiger charge is -1.98. The molecule has 2 rings (SSSR count). The molecule has 1 heterocycles. The number of carbonyl (C=O) groups excluding carboxylic acids is 2. The van der Waals surface area contributed by atoms with Crippen LogP contribution in [0.3, 0.4) is 0 Å². The number of amidine groups is 1. The van der Waals surface area contributed by atoms with E-state index < -0.39 is 39.7 Å². The summed E-state index contributed by atoms with van der Waals surface area (Å²) in [4.78, 5) is 32.5. The van der Waals surface area contributed by atoms with Gasteiger partial charge < -0.3 is 4.74 Å². The second-order valence-corrected chi connectivity index (χ2v) is 5.35. The van der Waals surface area contributed by atoms with E-state index in [9.17, 15) is 28.5 Å². The third kappa shape index (κ3) is 4.44. The Morgan fingerprint density at radius 2 is 2.16 bits per heavy atom. The van der Waals surface area contributed by atoms with Gasteiger partial charge in [-0.2, -0.15) is 5.10 Å². The van der Waals surface area contributed by atoms with Crippen molar-refractivity contribution in [3.63, 3.8) is 0 Å². The van der Waals surface area contributed by atoms with E-state index >= 15 is 0 Å². The number of halogens is 2. The van der Waals surface area contributed by atoms with Crippen LogP contribution in [0, 0.1) is 21.7 Å². The van der Waals surface area contributed by atoms with Crippen LogP contribution in [0.1, 0.15) is 5.56 Å². The Labute approximate surface area is 142 Å². The fourth-order valence-electron chi connectivity index (χ4n) is 1.63. The number of thioether (sulfide) groups is 1. The van der Waals surface area contributed by atoms with Gasteiger partial charge in [-0.3, -0.25) is 20.2 Å². The average Bonchev–Trinajstić information content (AvgIpc) is 2.88. The van der Waals surface area contributed by atoms with Gasteiger partial charge in [0, 0.05) is 12.1 Å². The predicted octanol–water partition coefficient (Wildman–Crippen LogP) is 1.48. The first-order valence-electron chi connectivity index (χ1n) is 6.35. The van der Waals surface area contributed by atoms with E-state index in [-0.39, 0.29) is 10.1 Å². The molecule has 1 aromatic carbocycles. The Hall–Kier alpha value is -3.15. The molecule has 0 saturated carbocycles. The average molecular weight is 370 g/mol. The number of methoxy groups -OCH3 is 1. The van der Waals surface area contributed by atoms with Crippen LogP contribution in [0.4, 0.5) is 14.5 Å². The number of hydrogen-bond donors (Lipinski definition) is 1. The zero-order valence-corrected chi connectivity index (χ0v) is 13.2. The number of carbonyl (C=O) groups is 2. The van der Waals surface area contributed by atoms with Crippen molar-refractivity contribution in [3.8, 4) is 0 Å². The maximum Gasteiger partial charge on any atom is 0.331 e. The number of benzene rings is 1. The van der Waals surface area contributed by atoms with Gasteiger partial charge in [0.25, 0.3) is 11.6 Å². The fourth-order valence-corrected chi connectivity index (χ4v) is 2.37. The first-order valence-corrected chi connectivity index (χ1v) is 7.16. The number of nitrogens with zero attached hydrogens (tertiary/aromatic N) is 3. The van der Waals surface area contributed by atoms with Gasteiger partial charge in [-0.15, -0.1) is 5.10 Å². The lowest BCUT2D eigenvalue weighted by atomic mass is 10.2. The molecule has 1 saturated heterocycles. The molecule has 0 bridgehead atoms. The minimum absolute atomic E-state index is 0.000238. The summed E-state index contributed by atoms with van der Waals surface area (Å²) in [6.45, 7) is 0. The highest BCUT2D eigenvalue weighted by Crippen LogP contribution is 2.24. The maximum absolute atomic E-state index is 13.7. The maximum atomic E-state index is 13.7. The van der Waals surface area contributed by atoms with Crippen molar-refractivity contribution < 1.29 is 28.0 Å². The van der Waals surface area contributed by atoms with E-state index in [0.29, 0.717) is 18.3 Å². The molecule has 12 heteroatoms. The minimum atomic E-state index is -1.19. The van der Waals surface area contributed by atoms with Crippen molar-refractivity contribution in [3.05, 3.63) is 50.4 Å². The Balaban J connectivity index is 2.23. The van der Waals surface area contributed by atoms with Gasteiger partial charge in [0.15, 0.2) is 5.17 Å². The van der Waals surface area contributed by atoms with Crippen LogP contribution in [0.2, 0.25) is 0 Å². The number of esters is 1. The molecule has 9 nitrogen and oxygen atoms in total. The van der Waals surface area contributed by atoms with E-state index in [1.54, 1.807) is 0 Å². The van der Waals surface area contributed by atoms with Crippen molar-refractivity contribution in [2.24, 2.45) is 10.2 Å². The number of nitro groups is 1. The minimum Gasteiger partial charge on any atom is -0.466 e. The smallest absolute Gasteiger partial charge is 0.331 e. The van der Waals surface area contributed by atoms with E-state index in [1.165, 1.54) is 0 Å². The van der Waals surface area contributed by atoms with Crippen molar-refractivity contribution in [1.29, 1.82) is 0 Å². The Bertz CT molecular complexity index is 853. The van der Waals surface area contributed by atoms with Crippen molar-refractivity contribution in [2.75, 3.05) is 7.11 Å². The van der Waals surface area contributed by atoms with Crippen LogP contribution < -0.4 is 5.32 Å². The zero-order valence-electron chi connectivity index (χ0n) is 12.4.